The first-order valence-electron chi connectivity index (χ1n) is 10.7. The molecule has 0 aliphatic heterocycles. The number of benzene rings is 2. The average Bonchev–Trinajstić information content (AvgIpc) is 2.74. The van der Waals surface area contributed by atoms with E-state index in [1.165, 1.54) is 5.56 Å². The molecule has 0 aliphatic rings. The molecule has 0 N–H and O–H groups in total. The topological polar surface area (TPSA) is 40.0 Å². The van der Waals surface area contributed by atoms with Crippen molar-refractivity contribution in [2.24, 2.45) is 11.1 Å². The normalized spacial score (nSPS) is 12.8. The highest BCUT2D eigenvalue weighted by Gasteiger charge is 2.13. The van der Waals surface area contributed by atoms with Gasteiger partial charge in [-0.3, -0.25) is 0 Å². The van der Waals surface area contributed by atoms with E-state index in [0.717, 1.165) is 46.7 Å². The van der Waals surface area contributed by atoms with Crippen LogP contribution in [0.5, 0.6) is 11.5 Å². The predicted octanol–water partition coefficient (Wildman–Crippen LogP) is 6.28. The van der Waals surface area contributed by atoms with Gasteiger partial charge in [-0.15, -0.1) is 0 Å². The molecule has 1 atom stereocenters. The lowest BCUT2D eigenvalue weighted by Gasteiger charge is -2.15. The molecule has 0 aromatic heterocycles. The van der Waals surface area contributed by atoms with Crippen LogP contribution in [0.1, 0.15) is 49.4 Å². The Bertz CT molecular complexity index is 847. The van der Waals surface area contributed by atoms with Crippen LogP contribution < -0.4 is 9.47 Å². The Balaban J connectivity index is 2.04. The minimum Gasteiger partial charge on any atom is -0.493 e. The Hall–Kier alpha value is -2.75. The summed E-state index contributed by atoms with van der Waals surface area (Å²) in [4.78, 5) is 5.08. The van der Waals surface area contributed by atoms with Gasteiger partial charge in [0.15, 0.2) is 0 Å². The molecule has 2 aromatic rings. The smallest absolute Gasteiger partial charge is 0.125 e. The second kappa shape index (κ2) is 12.1. The van der Waals surface area contributed by atoms with Gasteiger partial charge in [0, 0.05) is 12.3 Å². The third-order valence-electron chi connectivity index (χ3n) is 5.14. The van der Waals surface area contributed by atoms with Crippen molar-refractivity contribution in [1.82, 2.24) is 0 Å². The summed E-state index contributed by atoms with van der Waals surface area (Å²) in [5.41, 5.74) is 5.50. The lowest BCUT2D eigenvalue weighted by Crippen LogP contribution is -2.13. The third kappa shape index (κ3) is 6.65. The molecule has 0 amide bonds. The van der Waals surface area contributed by atoms with E-state index < -0.39 is 0 Å². The second-order valence-electron chi connectivity index (χ2n) is 7.53. The van der Waals surface area contributed by atoms with Crippen molar-refractivity contribution in [2.75, 3.05) is 20.3 Å². The standard InChI is InChI=1S/C26H35NO3/c1-7-9-14-29-24-16-20(4)26(21(5)17-24)30-15-13-22-11-10-12-23(18-22)25(27-28-6)19(3)8-2/h7,9-12,16-19H,8,13-15H2,1-6H3/b9-7+,27-25?. The van der Waals surface area contributed by atoms with Crippen molar-refractivity contribution in [2.45, 2.75) is 47.5 Å². The second-order valence-corrected chi connectivity index (χ2v) is 7.53. The molecular weight excluding hydrogens is 374 g/mol. The van der Waals surface area contributed by atoms with Gasteiger partial charge in [0.1, 0.15) is 25.2 Å². The van der Waals surface area contributed by atoms with E-state index in [0.29, 0.717) is 19.1 Å². The summed E-state index contributed by atoms with van der Waals surface area (Å²) in [5.74, 6) is 2.15. The van der Waals surface area contributed by atoms with E-state index >= 15 is 0 Å². The lowest BCUT2D eigenvalue weighted by molar-refractivity contribution is 0.211. The van der Waals surface area contributed by atoms with Gasteiger partial charge in [-0.25, -0.2) is 0 Å². The Labute approximate surface area is 181 Å². The third-order valence-corrected chi connectivity index (χ3v) is 5.14. The predicted molar refractivity (Wildman–Crippen MR) is 125 cm³/mol. The van der Waals surface area contributed by atoms with Gasteiger partial charge in [-0.2, -0.15) is 0 Å². The summed E-state index contributed by atoms with van der Waals surface area (Å²) >= 11 is 0. The molecule has 0 aliphatic carbocycles. The Kier molecular flexibility index (Phi) is 9.46. The van der Waals surface area contributed by atoms with Gasteiger partial charge in [0.05, 0.1) is 12.3 Å². The molecule has 0 saturated carbocycles. The molecule has 4 nitrogen and oxygen atoms in total. The van der Waals surface area contributed by atoms with Gasteiger partial charge in [0.2, 0.25) is 0 Å². The van der Waals surface area contributed by atoms with E-state index in [4.69, 9.17) is 14.3 Å². The molecular formula is C26H35NO3. The fourth-order valence-corrected chi connectivity index (χ4v) is 3.34. The van der Waals surface area contributed by atoms with Gasteiger partial charge in [-0.1, -0.05) is 49.4 Å². The highest BCUT2D eigenvalue weighted by Crippen LogP contribution is 2.28. The van der Waals surface area contributed by atoms with Crippen molar-refractivity contribution in [3.63, 3.8) is 0 Å². The monoisotopic (exact) mass is 409 g/mol. The minimum absolute atomic E-state index is 0.343. The van der Waals surface area contributed by atoms with E-state index in [2.05, 4.69) is 57.1 Å². The maximum atomic E-state index is 6.14. The van der Waals surface area contributed by atoms with Crippen LogP contribution in [0.15, 0.2) is 53.7 Å². The number of aryl methyl sites for hydroxylation is 2. The number of rotatable bonds is 11. The first kappa shape index (κ1) is 23.5. The molecule has 0 spiro atoms. The summed E-state index contributed by atoms with van der Waals surface area (Å²) in [7, 11) is 1.60. The van der Waals surface area contributed by atoms with E-state index in [1.54, 1.807) is 7.11 Å². The highest BCUT2D eigenvalue weighted by atomic mass is 16.6. The average molecular weight is 410 g/mol. The fraction of sp³-hybridized carbons (Fsp3) is 0.423. The number of allylic oxidation sites excluding steroid dienone is 1. The molecule has 0 radical (unpaired) electrons. The maximum Gasteiger partial charge on any atom is 0.125 e. The van der Waals surface area contributed by atoms with Gasteiger partial charge in [-0.05, 0) is 67.6 Å². The van der Waals surface area contributed by atoms with Crippen molar-refractivity contribution in [1.29, 1.82) is 0 Å². The summed E-state index contributed by atoms with van der Waals surface area (Å²) in [6.07, 6.45) is 5.82. The Morgan fingerprint density at radius 3 is 2.47 bits per heavy atom. The zero-order valence-corrected chi connectivity index (χ0v) is 19.2. The first-order valence-corrected chi connectivity index (χ1v) is 10.7. The quantitative estimate of drug-likeness (QED) is 0.249. The molecule has 2 rings (SSSR count). The zero-order chi connectivity index (χ0) is 21.9. The minimum atomic E-state index is 0.343. The molecule has 0 fully saturated rings. The van der Waals surface area contributed by atoms with Crippen LogP contribution in [-0.4, -0.2) is 26.0 Å². The van der Waals surface area contributed by atoms with E-state index in [9.17, 15) is 0 Å². The first-order chi connectivity index (χ1) is 14.5. The molecule has 0 saturated heterocycles. The number of nitrogens with zero attached hydrogens (tertiary/aromatic N) is 1. The number of ether oxygens (including phenoxy) is 2. The van der Waals surface area contributed by atoms with Crippen LogP contribution >= 0.6 is 0 Å². The number of hydrogen-bond acceptors (Lipinski definition) is 4. The van der Waals surface area contributed by atoms with Crippen LogP contribution in [-0.2, 0) is 11.3 Å². The number of hydrogen-bond donors (Lipinski definition) is 0. The Morgan fingerprint density at radius 2 is 1.83 bits per heavy atom. The van der Waals surface area contributed by atoms with Gasteiger partial charge < -0.3 is 14.3 Å². The molecule has 2 aromatic carbocycles. The Morgan fingerprint density at radius 1 is 1.10 bits per heavy atom. The summed E-state index contributed by atoms with van der Waals surface area (Å²) in [6.45, 7) is 11.6. The summed E-state index contributed by atoms with van der Waals surface area (Å²) in [5, 5.41) is 4.26. The van der Waals surface area contributed by atoms with E-state index in [-0.39, 0.29) is 0 Å². The molecule has 1 unspecified atom stereocenters. The molecule has 30 heavy (non-hydrogen) atoms. The zero-order valence-electron chi connectivity index (χ0n) is 19.2. The molecule has 0 bridgehead atoms. The van der Waals surface area contributed by atoms with Crippen molar-refractivity contribution in [3.8, 4) is 11.5 Å². The van der Waals surface area contributed by atoms with Crippen LogP contribution in [0.3, 0.4) is 0 Å². The fourth-order valence-electron chi connectivity index (χ4n) is 3.34. The van der Waals surface area contributed by atoms with Crippen LogP contribution in [0.25, 0.3) is 0 Å². The van der Waals surface area contributed by atoms with Crippen molar-refractivity contribution >= 4 is 5.71 Å². The van der Waals surface area contributed by atoms with Crippen LogP contribution in [0.2, 0.25) is 0 Å². The molecule has 0 heterocycles. The maximum absolute atomic E-state index is 6.14. The van der Waals surface area contributed by atoms with Crippen LogP contribution in [0.4, 0.5) is 0 Å². The molecule has 162 valence electrons. The highest BCUT2D eigenvalue weighted by molar-refractivity contribution is 6.01. The van der Waals surface area contributed by atoms with Gasteiger partial charge >= 0.3 is 0 Å². The van der Waals surface area contributed by atoms with Crippen molar-refractivity contribution in [3.05, 3.63) is 70.8 Å². The summed E-state index contributed by atoms with van der Waals surface area (Å²) < 4.78 is 11.9. The molecule has 4 heteroatoms. The van der Waals surface area contributed by atoms with Crippen molar-refractivity contribution < 1.29 is 14.3 Å². The largest absolute Gasteiger partial charge is 0.493 e. The summed E-state index contributed by atoms with van der Waals surface area (Å²) in [6, 6.07) is 12.6. The number of oxime groups is 1. The van der Waals surface area contributed by atoms with Crippen LogP contribution in [0, 0.1) is 19.8 Å². The lowest BCUT2D eigenvalue weighted by atomic mass is 9.94. The van der Waals surface area contributed by atoms with Gasteiger partial charge in [0.25, 0.3) is 0 Å². The van der Waals surface area contributed by atoms with E-state index in [1.807, 2.05) is 31.2 Å². The SMILES string of the molecule is C/C=C/COc1cc(C)c(OCCc2cccc(C(=NOC)C(C)CC)c2)c(C)c1.